The molecule has 2 atom stereocenters. The third-order valence-electron chi connectivity index (χ3n) is 3.49. The minimum atomic E-state index is -3.79. The largest absolute Gasteiger partial charge is 0.462 e. The van der Waals surface area contributed by atoms with E-state index in [1.54, 1.807) is 18.7 Å². The Labute approximate surface area is 128 Å². The summed E-state index contributed by atoms with van der Waals surface area (Å²) in [5.41, 5.74) is -0.0464. The van der Waals surface area contributed by atoms with Crippen molar-refractivity contribution in [3.05, 3.63) is 11.8 Å². The minimum absolute atomic E-state index is 0.0464. The number of carbonyl (C=O) groups is 1. The number of H-pyrrole nitrogens is 1. The number of thioether (sulfide) groups is 1. The third-order valence-corrected chi connectivity index (χ3v) is 6.79. The van der Waals surface area contributed by atoms with Gasteiger partial charge in [-0.05, 0) is 13.8 Å². The summed E-state index contributed by atoms with van der Waals surface area (Å²) in [6.45, 7) is 6.12. The van der Waals surface area contributed by atoms with Crippen molar-refractivity contribution in [2.24, 2.45) is 0 Å². The highest BCUT2D eigenvalue weighted by Gasteiger charge is 2.38. The first-order valence-corrected chi connectivity index (χ1v) is 9.22. The van der Waals surface area contributed by atoms with E-state index in [-0.39, 0.29) is 28.5 Å². The van der Waals surface area contributed by atoms with Gasteiger partial charge in [-0.2, -0.15) is 21.2 Å². The molecule has 9 heteroatoms. The van der Waals surface area contributed by atoms with Crippen LogP contribution in [0, 0.1) is 0 Å². The van der Waals surface area contributed by atoms with Crippen LogP contribution >= 0.6 is 11.8 Å². The Morgan fingerprint density at radius 3 is 2.95 bits per heavy atom. The van der Waals surface area contributed by atoms with Gasteiger partial charge in [-0.25, -0.2) is 13.2 Å². The Balaban J connectivity index is 2.36. The van der Waals surface area contributed by atoms with E-state index in [2.05, 4.69) is 10.2 Å². The standard InChI is InChI=1S/C12H19N3O4S2/c1-4-19-12(16)10-7-13-14-11(10)21(17,18)15-5-6-20-9(3)8(15)2/h7-9H,4-6H2,1-3H3,(H,13,14). The number of nitrogens with zero attached hydrogens (tertiary/aromatic N) is 2. The van der Waals surface area contributed by atoms with Crippen molar-refractivity contribution in [3.63, 3.8) is 0 Å². The molecule has 1 aliphatic rings. The van der Waals surface area contributed by atoms with Crippen LogP contribution in [0.2, 0.25) is 0 Å². The molecule has 0 saturated carbocycles. The molecule has 0 aliphatic carbocycles. The molecular weight excluding hydrogens is 314 g/mol. The second kappa shape index (κ2) is 6.37. The first-order chi connectivity index (χ1) is 9.89. The highest BCUT2D eigenvalue weighted by Crippen LogP contribution is 2.29. The zero-order chi connectivity index (χ0) is 15.6. The summed E-state index contributed by atoms with van der Waals surface area (Å²) in [5.74, 6) is 0.0464. The van der Waals surface area contributed by atoms with E-state index in [1.807, 2.05) is 13.8 Å². The number of hydrogen-bond acceptors (Lipinski definition) is 6. The smallest absolute Gasteiger partial charge is 0.342 e. The molecule has 2 heterocycles. The lowest BCUT2D eigenvalue weighted by Gasteiger charge is -2.36. The van der Waals surface area contributed by atoms with E-state index in [0.29, 0.717) is 6.54 Å². The fourth-order valence-corrected chi connectivity index (χ4v) is 5.25. The van der Waals surface area contributed by atoms with Crippen LogP contribution < -0.4 is 0 Å². The summed E-state index contributed by atoms with van der Waals surface area (Å²) in [6.07, 6.45) is 1.19. The summed E-state index contributed by atoms with van der Waals surface area (Å²) in [4.78, 5) is 11.8. The second-order valence-corrected chi connectivity index (χ2v) is 8.08. The maximum absolute atomic E-state index is 12.8. The summed E-state index contributed by atoms with van der Waals surface area (Å²) in [5, 5.41) is 6.13. The lowest BCUT2D eigenvalue weighted by Crippen LogP contribution is -2.48. The SMILES string of the molecule is CCOC(=O)c1cn[nH]c1S(=O)(=O)N1CCSC(C)C1C. The van der Waals surface area contributed by atoms with Crippen LogP contribution in [0.3, 0.4) is 0 Å². The fraction of sp³-hybridized carbons (Fsp3) is 0.667. The number of rotatable bonds is 4. The van der Waals surface area contributed by atoms with Crippen LogP contribution in [-0.2, 0) is 14.8 Å². The van der Waals surface area contributed by atoms with Crippen LogP contribution in [-0.4, -0.2) is 59.1 Å². The summed E-state index contributed by atoms with van der Waals surface area (Å²) in [7, 11) is -3.79. The molecule has 7 nitrogen and oxygen atoms in total. The van der Waals surface area contributed by atoms with E-state index in [9.17, 15) is 13.2 Å². The van der Waals surface area contributed by atoms with Crippen LogP contribution in [0.25, 0.3) is 0 Å². The first kappa shape index (κ1) is 16.3. The molecule has 2 unspecified atom stereocenters. The Morgan fingerprint density at radius 1 is 1.57 bits per heavy atom. The highest BCUT2D eigenvalue weighted by atomic mass is 32.2. The molecule has 2 rings (SSSR count). The number of hydrogen-bond donors (Lipinski definition) is 1. The van der Waals surface area contributed by atoms with Gasteiger partial charge < -0.3 is 4.74 Å². The number of esters is 1. The molecule has 0 bridgehead atoms. The number of aromatic nitrogens is 2. The quantitative estimate of drug-likeness (QED) is 0.830. The van der Waals surface area contributed by atoms with Gasteiger partial charge >= 0.3 is 5.97 Å². The van der Waals surface area contributed by atoms with E-state index in [4.69, 9.17) is 4.74 Å². The van der Waals surface area contributed by atoms with Crippen LogP contribution in [0.4, 0.5) is 0 Å². The molecule has 1 aromatic heterocycles. The van der Waals surface area contributed by atoms with Gasteiger partial charge in [-0.3, -0.25) is 5.10 Å². The average Bonchev–Trinajstić information content (AvgIpc) is 2.92. The number of aromatic amines is 1. The molecule has 1 N–H and O–H groups in total. The van der Waals surface area contributed by atoms with Crippen molar-refractivity contribution in [1.29, 1.82) is 0 Å². The molecule has 118 valence electrons. The van der Waals surface area contributed by atoms with Crippen molar-refractivity contribution in [2.75, 3.05) is 18.9 Å². The topological polar surface area (TPSA) is 92.4 Å². The lowest BCUT2D eigenvalue weighted by molar-refractivity contribution is 0.0521. The molecule has 0 amide bonds. The van der Waals surface area contributed by atoms with Gasteiger partial charge in [0, 0.05) is 23.6 Å². The number of sulfonamides is 1. The summed E-state index contributed by atoms with van der Waals surface area (Å²) >= 11 is 1.74. The van der Waals surface area contributed by atoms with Crippen molar-refractivity contribution in [2.45, 2.75) is 37.1 Å². The molecule has 0 spiro atoms. The molecule has 1 aliphatic heterocycles. The Bertz CT molecular complexity index is 614. The van der Waals surface area contributed by atoms with Crippen LogP contribution in [0.1, 0.15) is 31.1 Å². The van der Waals surface area contributed by atoms with Gasteiger partial charge in [-0.1, -0.05) is 6.92 Å². The van der Waals surface area contributed by atoms with Gasteiger partial charge in [0.05, 0.1) is 12.8 Å². The van der Waals surface area contributed by atoms with Gasteiger partial charge in [0.15, 0.2) is 5.03 Å². The average molecular weight is 333 g/mol. The van der Waals surface area contributed by atoms with Crippen LogP contribution in [0.5, 0.6) is 0 Å². The van der Waals surface area contributed by atoms with E-state index >= 15 is 0 Å². The summed E-state index contributed by atoms with van der Waals surface area (Å²) < 4.78 is 31.8. The maximum Gasteiger partial charge on any atom is 0.342 e. The molecule has 1 aromatic rings. The molecular formula is C12H19N3O4S2. The van der Waals surface area contributed by atoms with Crippen molar-refractivity contribution in [1.82, 2.24) is 14.5 Å². The zero-order valence-electron chi connectivity index (χ0n) is 12.2. The minimum Gasteiger partial charge on any atom is -0.462 e. The van der Waals surface area contributed by atoms with Gasteiger partial charge in [-0.15, -0.1) is 0 Å². The highest BCUT2D eigenvalue weighted by molar-refractivity contribution is 8.00. The lowest BCUT2D eigenvalue weighted by atomic mass is 10.2. The Morgan fingerprint density at radius 2 is 2.29 bits per heavy atom. The van der Waals surface area contributed by atoms with Crippen molar-refractivity contribution < 1.29 is 17.9 Å². The molecule has 1 fully saturated rings. The van der Waals surface area contributed by atoms with E-state index < -0.39 is 16.0 Å². The summed E-state index contributed by atoms with van der Waals surface area (Å²) in [6, 6.07) is -0.146. The van der Waals surface area contributed by atoms with Gasteiger partial charge in [0.1, 0.15) is 5.56 Å². The molecule has 1 saturated heterocycles. The number of ether oxygens (including phenoxy) is 1. The molecule has 0 aromatic carbocycles. The monoisotopic (exact) mass is 333 g/mol. The zero-order valence-corrected chi connectivity index (χ0v) is 13.8. The maximum atomic E-state index is 12.8. The fourth-order valence-electron chi connectivity index (χ4n) is 2.19. The van der Waals surface area contributed by atoms with Gasteiger partial charge in [0.25, 0.3) is 10.0 Å². The Hall–Kier alpha value is -1.06. The predicted molar refractivity (Wildman–Crippen MR) is 79.8 cm³/mol. The Kier molecular flexibility index (Phi) is 4.95. The first-order valence-electron chi connectivity index (χ1n) is 6.73. The normalized spacial score (nSPS) is 24.0. The van der Waals surface area contributed by atoms with E-state index in [0.717, 1.165) is 5.75 Å². The second-order valence-electron chi connectivity index (χ2n) is 4.77. The predicted octanol–water partition coefficient (Wildman–Crippen LogP) is 1.10. The van der Waals surface area contributed by atoms with E-state index in [1.165, 1.54) is 10.5 Å². The van der Waals surface area contributed by atoms with Gasteiger partial charge in [0.2, 0.25) is 0 Å². The number of carbonyl (C=O) groups excluding carboxylic acids is 1. The van der Waals surface area contributed by atoms with Crippen molar-refractivity contribution in [3.8, 4) is 0 Å². The van der Waals surface area contributed by atoms with Crippen molar-refractivity contribution >= 4 is 27.8 Å². The van der Waals surface area contributed by atoms with Crippen LogP contribution in [0.15, 0.2) is 11.2 Å². The molecule has 0 radical (unpaired) electrons. The third kappa shape index (κ3) is 3.09. The number of nitrogens with one attached hydrogen (secondary N) is 1. The molecule has 21 heavy (non-hydrogen) atoms.